The maximum Gasteiger partial charge on any atom is 0.124 e. The summed E-state index contributed by atoms with van der Waals surface area (Å²) in [5, 5.41) is 24.3. The molecule has 1 saturated carbocycles. The summed E-state index contributed by atoms with van der Waals surface area (Å²) in [7, 11) is 1.64. The standard InChI is InChI=1S/C16H23NO3/c1-20-15-5-3-2-4-13(15)16(19)7-11(10-18)6-12-8-17-9-14(12)16/h2-5,11-12,14,17-19H,6-10H2,1H3. The van der Waals surface area contributed by atoms with Crippen molar-refractivity contribution in [2.75, 3.05) is 26.8 Å². The lowest BCUT2D eigenvalue weighted by Crippen LogP contribution is -2.46. The molecule has 0 spiro atoms. The van der Waals surface area contributed by atoms with E-state index in [1.54, 1.807) is 7.11 Å². The van der Waals surface area contributed by atoms with Gasteiger partial charge in [-0.3, -0.25) is 0 Å². The molecule has 3 rings (SSSR count). The number of aliphatic hydroxyl groups is 2. The van der Waals surface area contributed by atoms with Gasteiger partial charge in [0.25, 0.3) is 0 Å². The van der Waals surface area contributed by atoms with Crippen molar-refractivity contribution < 1.29 is 14.9 Å². The van der Waals surface area contributed by atoms with E-state index in [0.717, 1.165) is 30.8 Å². The SMILES string of the molecule is COc1ccccc1C1(O)CC(CO)CC2CNCC21. The van der Waals surface area contributed by atoms with Gasteiger partial charge < -0.3 is 20.3 Å². The third-order valence-electron chi connectivity index (χ3n) is 5.02. The molecule has 110 valence electrons. The Morgan fingerprint density at radius 3 is 2.90 bits per heavy atom. The van der Waals surface area contributed by atoms with E-state index in [-0.39, 0.29) is 18.4 Å². The van der Waals surface area contributed by atoms with Crippen LogP contribution >= 0.6 is 0 Å². The third kappa shape index (κ3) is 2.12. The predicted octanol–water partition coefficient (Wildman–Crippen LogP) is 1.12. The van der Waals surface area contributed by atoms with Crippen LogP contribution in [0.15, 0.2) is 24.3 Å². The molecule has 4 unspecified atom stereocenters. The largest absolute Gasteiger partial charge is 0.496 e. The molecule has 0 bridgehead atoms. The van der Waals surface area contributed by atoms with Crippen molar-refractivity contribution in [2.24, 2.45) is 17.8 Å². The molecule has 0 amide bonds. The third-order valence-corrected chi connectivity index (χ3v) is 5.02. The zero-order valence-electron chi connectivity index (χ0n) is 11.9. The Hall–Kier alpha value is -1.10. The monoisotopic (exact) mass is 277 g/mol. The topological polar surface area (TPSA) is 61.7 Å². The molecule has 2 fully saturated rings. The van der Waals surface area contributed by atoms with Crippen molar-refractivity contribution in [2.45, 2.75) is 18.4 Å². The molecule has 4 atom stereocenters. The average Bonchev–Trinajstić information content (AvgIpc) is 2.96. The van der Waals surface area contributed by atoms with Crippen LogP contribution in [0.1, 0.15) is 18.4 Å². The van der Waals surface area contributed by atoms with Gasteiger partial charge in [0.15, 0.2) is 0 Å². The fraction of sp³-hybridized carbons (Fsp3) is 0.625. The van der Waals surface area contributed by atoms with E-state index in [0.29, 0.717) is 12.3 Å². The molecule has 4 nitrogen and oxygen atoms in total. The fourth-order valence-electron chi connectivity index (χ4n) is 4.09. The van der Waals surface area contributed by atoms with E-state index in [1.807, 2.05) is 24.3 Å². The molecular weight excluding hydrogens is 254 g/mol. The molecule has 3 N–H and O–H groups in total. The molecule has 1 aliphatic carbocycles. The molecule has 4 heteroatoms. The van der Waals surface area contributed by atoms with Crippen LogP contribution in [0, 0.1) is 17.8 Å². The zero-order valence-corrected chi connectivity index (χ0v) is 11.9. The van der Waals surface area contributed by atoms with Crippen molar-refractivity contribution in [1.29, 1.82) is 0 Å². The lowest BCUT2D eigenvalue weighted by Gasteiger charge is -2.45. The highest BCUT2D eigenvalue weighted by Gasteiger charge is 2.51. The van der Waals surface area contributed by atoms with Crippen LogP contribution in [0.5, 0.6) is 5.75 Å². The van der Waals surface area contributed by atoms with Crippen LogP contribution in [0.3, 0.4) is 0 Å². The Labute approximate surface area is 119 Å². The van der Waals surface area contributed by atoms with Gasteiger partial charge >= 0.3 is 0 Å². The Morgan fingerprint density at radius 1 is 1.35 bits per heavy atom. The highest BCUT2D eigenvalue weighted by Crippen LogP contribution is 2.50. The van der Waals surface area contributed by atoms with Gasteiger partial charge in [-0.2, -0.15) is 0 Å². The minimum Gasteiger partial charge on any atom is -0.496 e. The highest BCUT2D eigenvalue weighted by atomic mass is 16.5. The smallest absolute Gasteiger partial charge is 0.124 e. The van der Waals surface area contributed by atoms with Crippen LogP contribution in [0.4, 0.5) is 0 Å². The zero-order chi connectivity index (χ0) is 14.2. The lowest BCUT2D eigenvalue weighted by atomic mass is 9.64. The molecular formula is C16H23NO3. The van der Waals surface area contributed by atoms with E-state index < -0.39 is 5.60 Å². The summed E-state index contributed by atoms with van der Waals surface area (Å²) in [5.74, 6) is 1.52. The average molecular weight is 277 g/mol. The van der Waals surface area contributed by atoms with Gasteiger partial charge in [-0.25, -0.2) is 0 Å². The first-order valence-corrected chi connectivity index (χ1v) is 7.36. The van der Waals surface area contributed by atoms with E-state index in [9.17, 15) is 10.2 Å². The second-order valence-electron chi connectivity index (χ2n) is 6.14. The normalized spacial score (nSPS) is 36.6. The number of para-hydroxylation sites is 1. The van der Waals surface area contributed by atoms with E-state index >= 15 is 0 Å². The van der Waals surface area contributed by atoms with E-state index in [4.69, 9.17) is 4.74 Å². The van der Waals surface area contributed by atoms with Gasteiger partial charge in [-0.1, -0.05) is 18.2 Å². The molecule has 2 aliphatic rings. The number of fused-ring (bicyclic) bond motifs is 1. The summed E-state index contributed by atoms with van der Waals surface area (Å²) in [6, 6.07) is 7.71. The van der Waals surface area contributed by atoms with Crippen molar-refractivity contribution in [1.82, 2.24) is 5.32 Å². The quantitative estimate of drug-likeness (QED) is 0.775. The molecule has 1 heterocycles. The summed E-state index contributed by atoms with van der Waals surface area (Å²) >= 11 is 0. The van der Waals surface area contributed by atoms with Gasteiger partial charge in [0.1, 0.15) is 5.75 Å². The van der Waals surface area contributed by atoms with Crippen molar-refractivity contribution in [3.05, 3.63) is 29.8 Å². The number of ether oxygens (including phenoxy) is 1. The molecule has 0 radical (unpaired) electrons. The molecule has 1 saturated heterocycles. The van der Waals surface area contributed by atoms with Gasteiger partial charge in [0.2, 0.25) is 0 Å². The van der Waals surface area contributed by atoms with Crippen molar-refractivity contribution in [3.8, 4) is 5.75 Å². The van der Waals surface area contributed by atoms with Gasteiger partial charge in [-0.05, 0) is 37.3 Å². The molecule has 1 aliphatic heterocycles. The van der Waals surface area contributed by atoms with Crippen LogP contribution in [0.25, 0.3) is 0 Å². The fourth-order valence-corrected chi connectivity index (χ4v) is 4.09. The van der Waals surface area contributed by atoms with Gasteiger partial charge in [0.05, 0.1) is 12.7 Å². The summed E-state index contributed by atoms with van der Waals surface area (Å²) in [4.78, 5) is 0. The second kappa shape index (κ2) is 5.35. The first-order valence-electron chi connectivity index (χ1n) is 7.36. The lowest BCUT2D eigenvalue weighted by molar-refractivity contribution is -0.0910. The highest BCUT2D eigenvalue weighted by molar-refractivity contribution is 5.39. The van der Waals surface area contributed by atoms with Crippen molar-refractivity contribution >= 4 is 0 Å². The van der Waals surface area contributed by atoms with Gasteiger partial charge in [-0.15, -0.1) is 0 Å². The summed E-state index contributed by atoms with van der Waals surface area (Å²) < 4.78 is 5.44. The summed E-state index contributed by atoms with van der Waals surface area (Å²) in [5.41, 5.74) is -0.0498. The predicted molar refractivity (Wildman–Crippen MR) is 76.6 cm³/mol. The molecule has 1 aromatic carbocycles. The van der Waals surface area contributed by atoms with Crippen LogP contribution < -0.4 is 10.1 Å². The second-order valence-corrected chi connectivity index (χ2v) is 6.14. The number of hydrogen-bond donors (Lipinski definition) is 3. The Morgan fingerprint density at radius 2 is 2.15 bits per heavy atom. The van der Waals surface area contributed by atoms with E-state index in [1.165, 1.54) is 0 Å². The minimum atomic E-state index is -0.910. The number of methoxy groups -OCH3 is 1. The number of hydrogen-bond acceptors (Lipinski definition) is 4. The first kappa shape index (κ1) is 13.9. The molecule has 20 heavy (non-hydrogen) atoms. The number of benzene rings is 1. The Balaban J connectivity index is 2.02. The Bertz CT molecular complexity index is 479. The van der Waals surface area contributed by atoms with E-state index in [2.05, 4.69) is 5.32 Å². The summed E-state index contributed by atoms with van der Waals surface area (Å²) in [6.07, 6.45) is 1.60. The Kier molecular flexibility index (Phi) is 3.71. The van der Waals surface area contributed by atoms with Crippen LogP contribution in [-0.4, -0.2) is 37.0 Å². The minimum absolute atomic E-state index is 0.140. The number of nitrogens with one attached hydrogen (secondary N) is 1. The van der Waals surface area contributed by atoms with Gasteiger partial charge in [0, 0.05) is 24.6 Å². The first-order chi connectivity index (χ1) is 9.69. The van der Waals surface area contributed by atoms with Crippen LogP contribution in [-0.2, 0) is 5.60 Å². The van der Waals surface area contributed by atoms with Crippen molar-refractivity contribution in [3.63, 3.8) is 0 Å². The maximum atomic E-state index is 11.4. The number of rotatable bonds is 3. The maximum absolute atomic E-state index is 11.4. The summed E-state index contributed by atoms with van der Waals surface area (Å²) in [6.45, 7) is 1.90. The molecule has 1 aromatic rings. The molecule has 0 aromatic heterocycles. The number of aliphatic hydroxyl groups excluding tert-OH is 1. The van der Waals surface area contributed by atoms with Crippen LogP contribution in [0.2, 0.25) is 0 Å².